The van der Waals surface area contributed by atoms with E-state index in [9.17, 15) is 4.79 Å². The van der Waals surface area contributed by atoms with E-state index < -0.39 is 0 Å². The van der Waals surface area contributed by atoms with Crippen molar-refractivity contribution >= 4 is 33.4 Å². The molecule has 0 saturated carbocycles. The Morgan fingerprint density at radius 1 is 0.867 bits per heavy atom. The van der Waals surface area contributed by atoms with Gasteiger partial charge in [0.05, 0.1) is 12.1 Å². The number of anilines is 1. The van der Waals surface area contributed by atoms with Gasteiger partial charge in [-0.1, -0.05) is 42.5 Å². The van der Waals surface area contributed by atoms with Gasteiger partial charge in [0.25, 0.3) is 0 Å². The third-order valence-electron chi connectivity index (χ3n) is 5.72. The van der Waals surface area contributed by atoms with Crippen LogP contribution in [0.2, 0.25) is 0 Å². The first kappa shape index (κ1) is 18.5. The Hall–Kier alpha value is -3.51. The van der Waals surface area contributed by atoms with E-state index in [2.05, 4.69) is 57.3 Å². The van der Waals surface area contributed by atoms with Crippen LogP contribution in [0.15, 0.2) is 67.0 Å². The summed E-state index contributed by atoms with van der Waals surface area (Å²) >= 11 is 0. The number of nitrogens with zero attached hydrogens (tertiary/aromatic N) is 4. The van der Waals surface area contributed by atoms with Gasteiger partial charge in [-0.3, -0.25) is 9.69 Å². The van der Waals surface area contributed by atoms with Crippen LogP contribution in [0.4, 0.5) is 5.82 Å². The highest BCUT2D eigenvalue weighted by Crippen LogP contribution is 2.21. The Balaban J connectivity index is 1.24. The van der Waals surface area contributed by atoms with Crippen LogP contribution in [0, 0.1) is 0 Å². The first-order chi connectivity index (χ1) is 14.7. The monoisotopic (exact) mass is 397 g/mol. The smallest absolute Gasteiger partial charge is 0.237 e. The highest BCUT2D eigenvalue weighted by molar-refractivity contribution is 5.88. The molecule has 2 N–H and O–H groups in total. The third-order valence-corrected chi connectivity index (χ3v) is 5.72. The lowest BCUT2D eigenvalue weighted by atomic mass is 10.1. The summed E-state index contributed by atoms with van der Waals surface area (Å²) in [4.78, 5) is 25.2. The van der Waals surface area contributed by atoms with Crippen molar-refractivity contribution < 1.29 is 4.79 Å². The van der Waals surface area contributed by atoms with Gasteiger partial charge in [0.1, 0.15) is 12.1 Å². The zero-order valence-corrected chi connectivity index (χ0v) is 16.7. The minimum Gasteiger partial charge on any atom is -0.383 e. The number of carbonyl (C=O) groups excluding carboxylic acids is 1. The number of hydrogen-bond acceptors (Lipinski definition) is 5. The number of aromatic nitrogens is 2. The van der Waals surface area contributed by atoms with Crippen LogP contribution in [0.25, 0.3) is 21.7 Å². The Morgan fingerprint density at radius 2 is 1.67 bits per heavy atom. The van der Waals surface area contributed by atoms with E-state index in [4.69, 9.17) is 5.73 Å². The minimum atomic E-state index is 0.157. The molecule has 0 aliphatic carbocycles. The maximum atomic E-state index is 12.8. The molecule has 0 spiro atoms. The number of carbonyl (C=O) groups is 1. The van der Waals surface area contributed by atoms with Gasteiger partial charge in [-0.25, -0.2) is 9.97 Å². The zero-order chi connectivity index (χ0) is 20.5. The second-order valence-corrected chi connectivity index (χ2v) is 7.82. The van der Waals surface area contributed by atoms with E-state index >= 15 is 0 Å². The van der Waals surface area contributed by atoms with Gasteiger partial charge in [0.15, 0.2) is 0 Å². The Kier molecular flexibility index (Phi) is 4.77. The Labute approximate surface area is 174 Å². The van der Waals surface area contributed by atoms with E-state index in [1.807, 2.05) is 23.1 Å². The van der Waals surface area contributed by atoms with Crippen molar-refractivity contribution in [3.05, 3.63) is 78.1 Å². The molecule has 0 atom stereocenters. The number of hydrogen-bond donors (Lipinski definition) is 1. The van der Waals surface area contributed by atoms with E-state index in [0.717, 1.165) is 36.1 Å². The summed E-state index contributed by atoms with van der Waals surface area (Å²) in [5, 5.41) is 3.32. The van der Waals surface area contributed by atoms with Crippen LogP contribution in [-0.4, -0.2) is 45.3 Å². The Bertz CT molecular complexity index is 1240. The van der Waals surface area contributed by atoms with Crippen molar-refractivity contribution in [2.45, 2.75) is 13.1 Å². The predicted octanol–water partition coefficient (Wildman–Crippen LogP) is 3.21. The third kappa shape index (κ3) is 3.69. The van der Waals surface area contributed by atoms with Crippen molar-refractivity contribution in [1.82, 2.24) is 19.8 Å². The number of fused-ring (bicyclic) bond motifs is 2. The molecule has 1 aliphatic rings. The topological polar surface area (TPSA) is 75.3 Å². The summed E-state index contributed by atoms with van der Waals surface area (Å²) in [5.74, 6) is 0.634. The summed E-state index contributed by atoms with van der Waals surface area (Å²) in [6.07, 6.45) is 1.47. The van der Waals surface area contributed by atoms with Gasteiger partial charge in [-0.15, -0.1) is 0 Å². The lowest BCUT2D eigenvalue weighted by molar-refractivity contribution is -0.136. The lowest BCUT2D eigenvalue weighted by Crippen LogP contribution is -2.49. The maximum Gasteiger partial charge on any atom is 0.237 e. The molecule has 1 aliphatic heterocycles. The van der Waals surface area contributed by atoms with E-state index in [1.165, 1.54) is 22.7 Å². The van der Waals surface area contributed by atoms with Crippen LogP contribution < -0.4 is 5.73 Å². The van der Waals surface area contributed by atoms with Crippen molar-refractivity contribution in [3.63, 3.8) is 0 Å². The van der Waals surface area contributed by atoms with Crippen LogP contribution in [0.5, 0.6) is 0 Å². The standard InChI is InChI=1S/C24H23N5O/c25-24-21-8-6-18(12-22(21)26-16-27-24)14-29-10-9-28(15-23(29)30)13-17-5-7-19-3-1-2-4-20(19)11-17/h1-8,11-12,16H,9-10,13-15H2,(H2,25,26,27). The van der Waals surface area contributed by atoms with Crippen molar-refractivity contribution in [1.29, 1.82) is 0 Å². The van der Waals surface area contributed by atoms with E-state index in [1.54, 1.807) is 0 Å². The van der Waals surface area contributed by atoms with Gasteiger partial charge in [0, 0.05) is 31.6 Å². The molecule has 0 radical (unpaired) electrons. The molecule has 0 bridgehead atoms. The molecule has 1 aromatic heterocycles. The zero-order valence-electron chi connectivity index (χ0n) is 16.7. The molecular weight excluding hydrogens is 374 g/mol. The van der Waals surface area contributed by atoms with Crippen molar-refractivity contribution in [2.75, 3.05) is 25.4 Å². The van der Waals surface area contributed by atoms with Crippen LogP contribution in [0.1, 0.15) is 11.1 Å². The maximum absolute atomic E-state index is 12.8. The minimum absolute atomic E-state index is 0.157. The number of nitrogens with two attached hydrogens (primary N) is 1. The lowest BCUT2D eigenvalue weighted by Gasteiger charge is -2.34. The highest BCUT2D eigenvalue weighted by Gasteiger charge is 2.24. The van der Waals surface area contributed by atoms with Crippen molar-refractivity contribution in [2.24, 2.45) is 0 Å². The summed E-state index contributed by atoms with van der Waals surface area (Å²) in [5.41, 5.74) is 9.00. The van der Waals surface area contributed by atoms with Gasteiger partial charge in [-0.2, -0.15) is 0 Å². The van der Waals surface area contributed by atoms with Crippen LogP contribution >= 0.6 is 0 Å². The molecule has 0 unspecified atom stereocenters. The normalized spacial score (nSPS) is 15.2. The fraction of sp³-hybridized carbons (Fsp3) is 0.208. The number of rotatable bonds is 4. The highest BCUT2D eigenvalue weighted by atomic mass is 16.2. The first-order valence-electron chi connectivity index (χ1n) is 10.1. The average Bonchev–Trinajstić information content (AvgIpc) is 2.76. The van der Waals surface area contributed by atoms with Gasteiger partial charge in [-0.05, 0) is 40.1 Å². The number of piperazine rings is 1. The van der Waals surface area contributed by atoms with E-state index in [0.29, 0.717) is 18.9 Å². The number of nitrogen functional groups attached to an aromatic ring is 1. The largest absolute Gasteiger partial charge is 0.383 e. The molecule has 150 valence electrons. The molecule has 5 rings (SSSR count). The molecule has 4 aromatic rings. The van der Waals surface area contributed by atoms with Crippen molar-refractivity contribution in [3.8, 4) is 0 Å². The summed E-state index contributed by atoms with van der Waals surface area (Å²) in [7, 11) is 0. The Morgan fingerprint density at radius 3 is 2.53 bits per heavy atom. The second-order valence-electron chi connectivity index (χ2n) is 7.82. The molecule has 1 amide bonds. The molecule has 3 aromatic carbocycles. The average molecular weight is 397 g/mol. The van der Waals surface area contributed by atoms with Gasteiger partial charge in [0.2, 0.25) is 5.91 Å². The first-order valence-corrected chi connectivity index (χ1v) is 10.1. The molecule has 1 fully saturated rings. The molecular formula is C24H23N5O. The summed E-state index contributed by atoms with van der Waals surface area (Å²) in [6, 6.07) is 20.8. The number of benzene rings is 3. The molecule has 2 heterocycles. The number of amides is 1. The second kappa shape index (κ2) is 7.72. The summed E-state index contributed by atoms with van der Waals surface area (Å²) < 4.78 is 0. The van der Waals surface area contributed by atoms with E-state index in [-0.39, 0.29) is 5.91 Å². The van der Waals surface area contributed by atoms with Crippen LogP contribution in [0.3, 0.4) is 0 Å². The molecule has 1 saturated heterocycles. The van der Waals surface area contributed by atoms with Gasteiger partial charge >= 0.3 is 0 Å². The van der Waals surface area contributed by atoms with Gasteiger partial charge < -0.3 is 10.6 Å². The fourth-order valence-electron chi connectivity index (χ4n) is 4.10. The van der Waals surface area contributed by atoms with Crippen LogP contribution in [-0.2, 0) is 17.9 Å². The SMILES string of the molecule is Nc1ncnc2cc(CN3CCN(Cc4ccc5ccccc5c4)CC3=O)ccc12. The molecule has 6 nitrogen and oxygen atoms in total. The fourth-order valence-corrected chi connectivity index (χ4v) is 4.10. The summed E-state index contributed by atoms with van der Waals surface area (Å²) in [6.45, 7) is 3.40. The molecule has 30 heavy (non-hydrogen) atoms. The molecule has 6 heteroatoms. The quantitative estimate of drug-likeness (QED) is 0.572. The predicted molar refractivity (Wildman–Crippen MR) is 119 cm³/mol.